The first-order valence-corrected chi connectivity index (χ1v) is 6.31. The molecular weight excluding hydrogens is 250 g/mol. The number of rotatable bonds is 3. The number of hydrogen-bond donors (Lipinski definition) is 1. The van der Waals surface area contributed by atoms with Crippen LogP contribution in [0.15, 0.2) is 16.5 Å². The van der Waals surface area contributed by atoms with E-state index in [1.54, 1.807) is 4.90 Å². The number of nitro groups is 1. The lowest BCUT2D eigenvalue weighted by Gasteiger charge is -2.39. The summed E-state index contributed by atoms with van der Waals surface area (Å²) in [5.74, 6) is -0.744. The van der Waals surface area contributed by atoms with Crippen LogP contribution in [0.1, 0.15) is 36.7 Å². The molecule has 1 aliphatic heterocycles. The fourth-order valence-corrected chi connectivity index (χ4v) is 2.55. The van der Waals surface area contributed by atoms with Crippen molar-refractivity contribution in [1.29, 1.82) is 0 Å². The third kappa shape index (κ3) is 2.60. The molecule has 0 aromatic carbocycles. The highest BCUT2D eigenvalue weighted by atomic mass is 16.6. The van der Waals surface area contributed by atoms with Crippen LogP contribution >= 0.6 is 0 Å². The summed E-state index contributed by atoms with van der Waals surface area (Å²) in [6.45, 7) is 2.34. The number of likely N-dealkylation sites (tertiary alicyclic amines) is 1. The summed E-state index contributed by atoms with van der Waals surface area (Å²) < 4.78 is 4.97. The van der Waals surface area contributed by atoms with Crippen molar-refractivity contribution in [1.82, 2.24) is 4.90 Å². The van der Waals surface area contributed by atoms with Gasteiger partial charge >= 0.3 is 5.88 Å². The second-order valence-corrected chi connectivity index (χ2v) is 4.78. The monoisotopic (exact) mass is 267 g/mol. The van der Waals surface area contributed by atoms with Crippen molar-refractivity contribution in [2.75, 3.05) is 6.54 Å². The lowest BCUT2D eigenvalue weighted by atomic mass is 9.96. The molecule has 0 bridgehead atoms. The Labute approximate surface area is 110 Å². The van der Waals surface area contributed by atoms with Gasteiger partial charge < -0.3 is 15.1 Å². The van der Waals surface area contributed by atoms with E-state index in [0.717, 1.165) is 19.3 Å². The van der Waals surface area contributed by atoms with E-state index >= 15 is 0 Å². The fraction of sp³-hybridized carbons (Fsp3) is 0.583. The van der Waals surface area contributed by atoms with Crippen LogP contribution < -0.4 is 5.73 Å². The maximum absolute atomic E-state index is 12.4. The number of carbonyl (C=O) groups excluding carboxylic acids is 1. The molecule has 1 amide bonds. The molecule has 7 nitrogen and oxygen atoms in total. The van der Waals surface area contributed by atoms with Crippen molar-refractivity contribution in [2.24, 2.45) is 5.73 Å². The molecule has 0 radical (unpaired) electrons. The lowest BCUT2D eigenvalue weighted by molar-refractivity contribution is -0.402. The smallest absolute Gasteiger partial charge is 0.395 e. The summed E-state index contributed by atoms with van der Waals surface area (Å²) >= 11 is 0. The second-order valence-electron chi connectivity index (χ2n) is 4.78. The average Bonchev–Trinajstić information content (AvgIpc) is 2.87. The topological polar surface area (TPSA) is 103 Å². The predicted molar refractivity (Wildman–Crippen MR) is 67.7 cm³/mol. The molecule has 1 saturated heterocycles. The zero-order chi connectivity index (χ0) is 14.0. The van der Waals surface area contributed by atoms with Gasteiger partial charge in [-0.3, -0.25) is 14.9 Å². The molecule has 0 saturated carbocycles. The zero-order valence-corrected chi connectivity index (χ0v) is 10.7. The standard InChI is InChI=1S/C12H17N3O4/c1-8-3-2-4-9(7-13)14(8)12(16)10-5-6-11(19-10)15(17)18/h5-6,8-9H,2-4,7,13H2,1H3. The van der Waals surface area contributed by atoms with Crippen LogP contribution in [0.5, 0.6) is 0 Å². The van der Waals surface area contributed by atoms with Crippen molar-refractivity contribution in [3.63, 3.8) is 0 Å². The summed E-state index contributed by atoms with van der Waals surface area (Å²) in [7, 11) is 0. The molecular formula is C12H17N3O4. The third-order valence-corrected chi connectivity index (χ3v) is 3.52. The number of nitrogens with zero attached hydrogens (tertiary/aromatic N) is 2. The van der Waals surface area contributed by atoms with Gasteiger partial charge in [0.05, 0.1) is 6.07 Å². The summed E-state index contributed by atoms with van der Waals surface area (Å²) in [4.78, 5) is 24.0. The number of furan rings is 1. The summed E-state index contributed by atoms with van der Waals surface area (Å²) in [6.07, 6.45) is 2.80. The van der Waals surface area contributed by atoms with Gasteiger partial charge in [0, 0.05) is 18.6 Å². The highest BCUT2D eigenvalue weighted by Gasteiger charge is 2.33. The van der Waals surface area contributed by atoms with Gasteiger partial charge in [-0.25, -0.2) is 0 Å². The Bertz CT molecular complexity index is 485. The molecule has 0 spiro atoms. The van der Waals surface area contributed by atoms with Crippen LogP contribution in [0.2, 0.25) is 0 Å². The Kier molecular flexibility index (Phi) is 3.84. The fourth-order valence-electron chi connectivity index (χ4n) is 2.55. The number of amides is 1. The largest absolute Gasteiger partial charge is 0.433 e. The maximum Gasteiger partial charge on any atom is 0.433 e. The summed E-state index contributed by atoms with van der Waals surface area (Å²) in [5, 5.41) is 10.6. The van der Waals surface area contributed by atoms with E-state index in [4.69, 9.17) is 10.2 Å². The average molecular weight is 267 g/mol. The van der Waals surface area contributed by atoms with Crippen molar-refractivity contribution in [2.45, 2.75) is 38.3 Å². The minimum Gasteiger partial charge on any atom is -0.395 e. The van der Waals surface area contributed by atoms with E-state index < -0.39 is 10.8 Å². The highest BCUT2D eigenvalue weighted by molar-refractivity contribution is 5.92. The minimum atomic E-state index is -0.656. The number of piperidine rings is 1. The van der Waals surface area contributed by atoms with Crippen molar-refractivity contribution < 1.29 is 14.1 Å². The molecule has 2 unspecified atom stereocenters. The molecule has 2 heterocycles. The van der Waals surface area contributed by atoms with Crippen molar-refractivity contribution in [3.05, 3.63) is 28.0 Å². The Morgan fingerprint density at radius 2 is 2.32 bits per heavy atom. The molecule has 2 atom stereocenters. The first-order valence-electron chi connectivity index (χ1n) is 6.31. The van der Waals surface area contributed by atoms with Crippen LogP contribution in [0.4, 0.5) is 5.88 Å². The van der Waals surface area contributed by atoms with E-state index in [1.165, 1.54) is 12.1 Å². The summed E-state index contributed by atoms with van der Waals surface area (Å²) in [6, 6.07) is 2.58. The Morgan fingerprint density at radius 3 is 2.89 bits per heavy atom. The molecule has 1 aliphatic rings. The van der Waals surface area contributed by atoms with Crippen LogP contribution in [0, 0.1) is 10.1 Å². The van der Waals surface area contributed by atoms with Crippen LogP contribution in [0.3, 0.4) is 0 Å². The quantitative estimate of drug-likeness (QED) is 0.660. The molecule has 7 heteroatoms. The third-order valence-electron chi connectivity index (χ3n) is 3.52. The molecule has 0 aliphatic carbocycles. The van der Waals surface area contributed by atoms with E-state index in [9.17, 15) is 14.9 Å². The van der Waals surface area contributed by atoms with Gasteiger partial charge in [-0.05, 0) is 32.3 Å². The van der Waals surface area contributed by atoms with E-state index in [1.807, 2.05) is 6.92 Å². The first-order chi connectivity index (χ1) is 9.04. The van der Waals surface area contributed by atoms with Gasteiger partial charge in [0.15, 0.2) is 5.76 Å². The molecule has 1 fully saturated rings. The molecule has 19 heavy (non-hydrogen) atoms. The SMILES string of the molecule is CC1CCCC(CN)N1C(=O)c1ccc([N+](=O)[O-])o1. The van der Waals surface area contributed by atoms with E-state index in [-0.39, 0.29) is 23.8 Å². The van der Waals surface area contributed by atoms with Gasteiger partial charge in [-0.1, -0.05) is 0 Å². The Hall–Kier alpha value is -1.89. The van der Waals surface area contributed by atoms with Gasteiger partial charge in [-0.15, -0.1) is 0 Å². The lowest BCUT2D eigenvalue weighted by Crippen LogP contribution is -2.51. The van der Waals surface area contributed by atoms with Crippen LogP contribution in [0.25, 0.3) is 0 Å². The predicted octanol–water partition coefficient (Wildman–Crippen LogP) is 1.53. The molecule has 104 valence electrons. The van der Waals surface area contributed by atoms with E-state index in [0.29, 0.717) is 6.54 Å². The molecule has 1 aromatic heterocycles. The molecule has 2 N–H and O–H groups in total. The number of carbonyl (C=O) groups is 1. The minimum absolute atomic E-state index is 0.00102. The Morgan fingerprint density at radius 1 is 1.58 bits per heavy atom. The highest BCUT2D eigenvalue weighted by Crippen LogP contribution is 2.26. The number of hydrogen-bond acceptors (Lipinski definition) is 5. The van der Waals surface area contributed by atoms with E-state index in [2.05, 4.69) is 0 Å². The second kappa shape index (κ2) is 5.40. The number of nitrogens with two attached hydrogens (primary N) is 1. The van der Waals surface area contributed by atoms with Crippen LogP contribution in [-0.2, 0) is 0 Å². The molecule has 1 aromatic rings. The maximum atomic E-state index is 12.4. The normalized spacial score (nSPS) is 23.4. The van der Waals surface area contributed by atoms with Gasteiger partial charge in [0.2, 0.25) is 0 Å². The molecule has 2 rings (SSSR count). The first kappa shape index (κ1) is 13.5. The summed E-state index contributed by atoms with van der Waals surface area (Å²) in [5.41, 5.74) is 5.69. The van der Waals surface area contributed by atoms with Crippen molar-refractivity contribution in [3.8, 4) is 0 Å². The van der Waals surface area contributed by atoms with Crippen LogP contribution in [-0.4, -0.2) is 34.4 Å². The van der Waals surface area contributed by atoms with Gasteiger partial charge in [-0.2, -0.15) is 0 Å². The van der Waals surface area contributed by atoms with Crippen molar-refractivity contribution >= 4 is 11.8 Å². The van der Waals surface area contributed by atoms with Gasteiger partial charge in [0.1, 0.15) is 4.92 Å². The van der Waals surface area contributed by atoms with Gasteiger partial charge in [0.25, 0.3) is 5.91 Å². The zero-order valence-electron chi connectivity index (χ0n) is 10.7. The Balaban J connectivity index is 2.22.